The molecule has 120 valence electrons. The lowest BCUT2D eigenvalue weighted by molar-refractivity contribution is -0.137. The van der Waals surface area contributed by atoms with Gasteiger partial charge in [0.25, 0.3) is 0 Å². The fourth-order valence-corrected chi connectivity index (χ4v) is 2.36. The van der Waals surface area contributed by atoms with E-state index >= 15 is 0 Å². The maximum Gasteiger partial charge on any atom is 0.416 e. The van der Waals surface area contributed by atoms with Gasteiger partial charge < -0.3 is 10.0 Å². The highest BCUT2D eigenvalue weighted by molar-refractivity contribution is 5.77. The molecule has 1 aromatic rings. The molecule has 8 heteroatoms. The SMILES string of the molecule is O=Cc1cc(C(F)(F)F)ccc1CN1CCN(C(=O)O)CC1. The number of hydrogen-bond acceptors (Lipinski definition) is 3. The van der Waals surface area contributed by atoms with Crippen molar-refractivity contribution in [1.82, 2.24) is 9.80 Å². The van der Waals surface area contributed by atoms with Crippen LogP contribution < -0.4 is 0 Å². The van der Waals surface area contributed by atoms with Crippen LogP contribution in [0.3, 0.4) is 0 Å². The number of halogens is 3. The Hall–Kier alpha value is -2.09. The molecule has 1 fully saturated rings. The number of rotatable bonds is 3. The van der Waals surface area contributed by atoms with Gasteiger partial charge in [0, 0.05) is 38.3 Å². The van der Waals surface area contributed by atoms with Crippen LogP contribution in [0.1, 0.15) is 21.5 Å². The third-order valence-electron chi connectivity index (χ3n) is 3.64. The Morgan fingerprint density at radius 2 is 1.86 bits per heavy atom. The summed E-state index contributed by atoms with van der Waals surface area (Å²) in [7, 11) is 0. The summed E-state index contributed by atoms with van der Waals surface area (Å²) < 4.78 is 37.9. The second kappa shape index (κ2) is 6.35. The first kappa shape index (κ1) is 16.3. The molecule has 5 nitrogen and oxygen atoms in total. The number of aldehydes is 1. The van der Waals surface area contributed by atoms with Gasteiger partial charge in [-0.25, -0.2) is 4.79 Å². The van der Waals surface area contributed by atoms with Crippen molar-refractivity contribution in [3.63, 3.8) is 0 Å². The van der Waals surface area contributed by atoms with Crippen molar-refractivity contribution in [1.29, 1.82) is 0 Å². The maximum atomic E-state index is 12.6. The zero-order chi connectivity index (χ0) is 16.3. The van der Waals surface area contributed by atoms with E-state index < -0.39 is 17.8 Å². The number of amides is 1. The second-order valence-corrected chi connectivity index (χ2v) is 5.07. The summed E-state index contributed by atoms with van der Waals surface area (Å²) in [6, 6.07) is 3.10. The smallest absolute Gasteiger partial charge is 0.416 e. The Morgan fingerprint density at radius 3 is 2.36 bits per heavy atom. The number of carbonyl (C=O) groups is 2. The van der Waals surface area contributed by atoms with E-state index in [2.05, 4.69) is 0 Å². The molecule has 0 aromatic heterocycles. The van der Waals surface area contributed by atoms with E-state index in [1.807, 2.05) is 4.90 Å². The van der Waals surface area contributed by atoms with E-state index in [4.69, 9.17) is 5.11 Å². The van der Waals surface area contributed by atoms with Crippen molar-refractivity contribution in [2.75, 3.05) is 26.2 Å². The van der Waals surface area contributed by atoms with Gasteiger partial charge in [0.1, 0.15) is 6.29 Å². The molecule has 0 bridgehead atoms. The average Bonchev–Trinajstić information content (AvgIpc) is 2.47. The predicted molar refractivity (Wildman–Crippen MR) is 71.7 cm³/mol. The molecule has 0 saturated carbocycles. The fraction of sp³-hybridized carbons (Fsp3) is 0.429. The third-order valence-corrected chi connectivity index (χ3v) is 3.64. The Labute approximate surface area is 124 Å². The molecule has 0 aliphatic carbocycles. The van der Waals surface area contributed by atoms with Crippen molar-refractivity contribution in [2.24, 2.45) is 0 Å². The lowest BCUT2D eigenvalue weighted by Gasteiger charge is -2.33. The van der Waals surface area contributed by atoms with E-state index in [-0.39, 0.29) is 5.56 Å². The predicted octanol–water partition coefficient (Wildman–Crippen LogP) is 2.31. The van der Waals surface area contributed by atoms with Crippen molar-refractivity contribution >= 4 is 12.4 Å². The largest absolute Gasteiger partial charge is 0.465 e. The molecular formula is C14H15F3N2O3. The summed E-state index contributed by atoms with van der Waals surface area (Å²) in [6.45, 7) is 1.95. The summed E-state index contributed by atoms with van der Waals surface area (Å²) in [4.78, 5) is 25.0. The average molecular weight is 316 g/mol. The summed E-state index contributed by atoms with van der Waals surface area (Å²) >= 11 is 0. The highest BCUT2D eigenvalue weighted by atomic mass is 19.4. The molecule has 0 spiro atoms. The van der Waals surface area contributed by atoms with Crippen molar-refractivity contribution in [2.45, 2.75) is 12.7 Å². The summed E-state index contributed by atoms with van der Waals surface area (Å²) in [5.74, 6) is 0. The molecule has 0 atom stereocenters. The first-order valence-corrected chi connectivity index (χ1v) is 6.67. The molecule has 1 aliphatic heterocycles. The van der Waals surface area contributed by atoms with Crippen LogP contribution in [0.15, 0.2) is 18.2 Å². The molecule has 2 rings (SSSR count). The molecule has 22 heavy (non-hydrogen) atoms. The van der Waals surface area contributed by atoms with Crippen molar-refractivity contribution in [3.8, 4) is 0 Å². The van der Waals surface area contributed by atoms with Crippen LogP contribution in [-0.2, 0) is 12.7 Å². The van der Waals surface area contributed by atoms with Crippen LogP contribution >= 0.6 is 0 Å². The lowest BCUT2D eigenvalue weighted by Crippen LogP contribution is -2.47. The minimum atomic E-state index is -4.48. The van der Waals surface area contributed by atoms with Gasteiger partial charge in [-0.1, -0.05) is 6.07 Å². The van der Waals surface area contributed by atoms with Crippen LogP contribution in [0.25, 0.3) is 0 Å². The Balaban J connectivity index is 2.07. The molecule has 1 N–H and O–H groups in total. The third kappa shape index (κ3) is 3.76. The number of alkyl halides is 3. The normalized spacial score (nSPS) is 16.6. The molecule has 0 radical (unpaired) electrons. The van der Waals surface area contributed by atoms with E-state index in [0.29, 0.717) is 44.6 Å². The van der Waals surface area contributed by atoms with E-state index in [1.165, 1.54) is 11.0 Å². The molecule has 1 saturated heterocycles. The number of hydrogen-bond donors (Lipinski definition) is 1. The number of nitrogens with zero attached hydrogens (tertiary/aromatic N) is 2. The van der Waals surface area contributed by atoms with Gasteiger partial charge in [-0.05, 0) is 17.7 Å². The van der Waals surface area contributed by atoms with Crippen molar-refractivity contribution < 1.29 is 27.9 Å². The van der Waals surface area contributed by atoms with Gasteiger partial charge in [0.05, 0.1) is 5.56 Å². The van der Waals surface area contributed by atoms with Crippen molar-refractivity contribution in [3.05, 3.63) is 34.9 Å². The quantitative estimate of drug-likeness (QED) is 0.869. The van der Waals surface area contributed by atoms with E-state index in [1.54, 1.807) is 0 Å². The highest BCUT2D eigenvalue weighted by Crippen LogP contribution is 2.30. The monoisotopic (exact) mass is 316 g/mol. The molecular weight excluding hydrogens is 301 g/mol. The standard InChI is InChI=1S/C14H15F3N2O3/c15-14(16,17)12-2-1-10(11(7-12)9-20)8-18-3-5-19(6-4-18)13(21)22/h1-2,7,9H,3-6,8H2,(H,21,22). The zero-order valence-electron chi connectivity index (χ0n) is 11.6. The van der Waals surface area contributed by atoms with Crippen LogP contribution in [-0.4, -0.2) is 53.5 Å². The number of piperazine rings is 1. The van der Waals surface area contributed by atoms with Gasteiger partial charge in [-0.2, -0.15) is 13.2 Å². The van der Waals surface area contributed by atoms with E-state index in [0.717, 1.165) is 12.1 Å². The molecule has 1 aliphatic rings. The fourth-order valence-electron chi connectivity index (χ4n) is 2.36. The second-order valence-electron chi connectivity index (χ2n) is 5.07. The first-order chi connectivity index (χ1) is 10.3. The van der Waals surface area contributed by atoms with Crippen LogP contribution in [0.5, 0.6) is 0 Å². The van der Waals surface area contributed by atoms with Crippen LogP contribution in [0.2, 0.25) is 0 Å². The lowest BCUT2D eigenvalue weighted by atomic mass is 10.0. The summed E-state index contributed by atoms with van der Waals surface area (Å²) in [5.41, 5.74) is -0.337. The molecule has 1 heterocycles. The first-order valence-electron chi connectivity index (χ1n) is 6.67. The van der Waals surface area contributed by atoms with Gasteiger partial charge >= 0.3 is 12.3 Å². The number of benzene rings is 1. The molecule has 1 aromatic carbocycles. The molecule has 1 amide bonds. The minimum Gasteiger partial charge on any atom is -0.465 e. The van der Waals surface area contributed by atoms with Gasteiger partial charge in [0.2, 0.25) is 0 Å². The highest BCUT2D eigenvalue weighted by Gasteiger charge is 2.31. The van der Waals surface area contributed by atoms with E-state index in [9.17, 15) is 22.8 Å². The summed E-state index contributed by atoms with van der Waals surface area (Å²) in [5, 5.41) is 8.86. The Bertz CT molecular complexity index is 567. The van der Waals surface area contributed by atoms with Gasteiger partial charge in [-0.15, -0.1) is 0 Å². The number of carbonyl (C=O) groups excluding carboxylic acids is 1. The Morgan fingerprint density at radius 1 is 1.23 bits per heavy atom. The van der Waals surface area contributed by atoms with Crippen LogP contribution in [0.4, 0.5) is 18.0 Å². The van der Waals surface area contributed by atoms with Gasteiger partial charge in [-0.3, -0.25) is 9.69 Å². The molecule has 0 unspecified atom stereocenters. The van der Waals surface area contributed by atoms with Crippen LogP contribution in [0, 0.1) is 0 Å². The zero-order valence-corrected chi connectivity index (χ0v) is 11.6. The minimum absolute atomic E-state index is 0.00971. The Kier molecular flexibility index (Phi) is 4.70. The van der Waals surface area contributed by atoms with Gasteiger partial charge in [0.15, 0.2) is 0 Å². The maximum absolute atomic E-state index is 12.6. The number of carboxylic acid groups (broad SMARTS) is 1. The topological polar surface area (TPSA) is 60.9 Å². The summed E-state index contributed by atoms with van der Waals surface area (Å²) in [6.07, 6.45) is -5.05.